The zero-order chi connectivity index (χ0) is 37.0. The minimum Gasteiger partial charge on any atom is -0.350 e. The molecule has 0 fully saturated rings. The molecule has 1 aliphatic rings. The maximum absolute atomic E-state index is 5.12. The highest BCUT2D eigenvalue weighted by molar-refractivity contribution is 6.12. The van der Waals surface area contributed by atoms with Crippen molar-refractivity contribution in [1.29, 1.82) is 0 Å². The van der Waals surface area contributed by atoms with Crippen LogP contribution in [0.2, 0.25) is 0 Å². The third-order valence-corrected chi connectivity index (χ3v) is 11.2. The van der Waals surface area contributed by atoms with Crippen molar-refractivity contribution in [2.45, 2.75) is 12.3 Å². The molecule has 0 amide bonds. The summed E-state index contributed by atoms with van der Waals surface area (Å²) in [4.78, 5) is 5.12. The topological polar surface area (TPSA) is 46.3 Å². The van der Waals surface area contributed by atoms with Crippen molar-refractivity contribution in [3.63, 3.8) is 0 Å². The van der Waals surface area contributed by atoms with Gasteiger partial charge < -0.3 is 14.5 Å². The van der Waals surface area contributed by atoms with Gasteiger partial charge in [0.1, 0.15) is 18.2 Å². The molecule has 0 bridgehead atoms. The first-order valence-electron chi connectivity index (χ1n) is 19.2. The van der Waals surface area contributed by atoms with Gasteiger partial charge in [0.05, 0.1) is 22.1 Å². The number of aromatic nitrogens is 2. The van der Waals surface area contributed by atoms with Crippen LogP contribution in [0.25, 0.3) is 66.1 Å². The fraction of sp³-hybridized carbons (Fsp3) is 0.0392. The summed E-state index contributed by atoms with van der Waals surface area (Å²) in [6.45, 7) is 0. The lowest BCUT2D eigenvalue weighted by Crippen LogP contribution is -2.45. The van der Waals surface area contributed by atoms with Gasteiger partial charge in [0.25, 0.3) is 0 Å². The number of aliphatic imine (C=N–C) groups is 1. The third kappa shape index (κ3) is 5.40. The first-order chi connectivity index (χ1) is 27.8. The van der Waals surface area contributed by atoms with Crippen LogP contribution in [-0.4, -0.2) is 15.0 Å². The third-order valence-electron chi connectivity index (χ3n) is 11.2. The van der Waals surface area contributed by atoms with Crippen molar-refractivity contribution in [3.05, 3.63) is 217 Å². The van der Waals surface area contributed by atoms with Crippen LogP contribution in [0.3, 0.4) is 0 Å². The molecule has 0 aliphatic carbocycles. The van der Waals surface area contributed by atoms with Crippen molar-refractivity contribution in [1.82, 2.24) is 19.8 Å². The summed E-state index contributed by atoms with van der Waals surface area (Å²) in [6, 6.07) is 71.7. The Labute approximate surface area is 324 Å². The molecule has 0 spiro atoms. The molecule has 0 saturated carbocycles. The minimum atomic E-state index is -0.193. The van der Waals surface area contributed by atoms with E-state index in [1.54, 1.807) is 0 Å². The summed E-state index contributed by atoms with van der Waals surface area (Å²) < 4.78 is 4.79. The Morgan fingerprint density at radius 1 is 0.375 bits per heavy atom. The highest BCUT2D eigenvalue weighted by Gasteiger charge is 2.26. The summed E-state index contributed by atoms with van der Waals surface area (Å²) in [5, 5.41) is 12.5. The van der Waals surface area contributed by atoms with Crippen molar-refractivity contribution < 1.29 is 0 Å². The average Bonchev–Trinajstić information content (AvgIpc) is 3.79. The number of fused-ring (bicyclic) bond motifs is 6. The molecule has 3 heterocycles. The molecule has 266 valence electrons. The molecule has 1 aliphatic heterocycles. The van der Waals surface area contributed by atoms with Gasteiger partial charge in [0.15, 0.2) is 0 Å². The maximum atomic E-state index is 5.12. The van der Waals surface area contributed by atoms with E-state index < -0.39 is 0 Å². The average molecular weight is 720 g/mol. The number of hydrogen-bond acceptors (Lipinski definition) is 3. The summed E-state index contributed by atoms with van der Waals surface area (Å²) in [5.41, 5.74) is 12.7. The van der Waals surface area contributed by atoms with Gasteiger partial charge >= 0.3 is 0 Å². The molecule has 56 heavy (non-hydrogen) atoms. The van der Waals surface area contributed by atoms with Crippen molar-refractivity contribution in [2.75, 3.05) is 0 Å². The molecular weight excluding hydrogens is 683 g/mol. The van der Waals surface area contributed by atoms with Gasteiger partial charge in [-0.3, -0.25) is 5.32 Å². The Morgan fingerprint density at radius 2 is 0.929 bits per heavy atom. The molecular formula is C51H37N5. The predicted molar refractivity (Wildman–Crippen MR) is 232 cm³/mol. The number of rotatable bonds is 6. The molecule has 2 aromatic heterocycles. The normalized spacial score (nSPS) is 15.7. The first kappa shape index (κ1) is 32.2. The largest absolute Gasteiger partial charge is 0.350 e. The van der Waals surface area contributed by atoms with E-state index in [-0.39, 0.29) is 12.3 Å². The van der Waals surface area contributed by atoms with E-state index in [4.69, 9.17) is 4.99 Å². The van der Waals surface area contributed by atoms with Crippen molar-refractivity contribution >= 4 is 49.4 Å². The van der Waals surface area contributed by atoms with E-state index >= 15 is 0 Å². The van der Waals surface area contributed by atoms with Gasteiger partial charge in [0, 0.05) is 38.5 Å². The fourth-order valence-corrected chi connectivity index (χ4v) is 8.56. The van der Waals surface area contributed by atoms with Crippen LogP contribution in [0.5, 0.6) is 0 Å². The Balaban J connectivity index is 1.01. The van der Waals surface area contributed by atoms with E-state index in [0.29, 0.717) is 0 Å². The number of amidine groups is 1. The summed E-state index contributed by atoms with van der Waals surface area (Å²) in [7, 11) is 0. The van der Waals surface area contributed by atoms with Crippen LogP contribution in [0.4, 0.5) is 0 Å². The van der Waals surface area contributed by atoms with Gasteiger partial charge in [-0.25, -0.2) is 4.99 Å². The van der Waals surface area contributed by atoms with Crippen LogP contribution >= 0.6 is 0 Å². The van der Waals surface area contributed by atoms with Crippen molar-refractivity contribution in [2.24, 2.45) is 4.99 Å². The molecule has 0 radical (unpaired) electrons. The Kier molecular flexibility index (Phi) is 7.64. The summed E-state index contributed by atoms with van der Waals surface area (Å²) in [6.07, 6.45) is -0.352. The van der Waals surface area contributed by atoms with Gasteiger partial charge in [-0.2, -0.15) is 0 Å². The molecule has 2 atom stereocenters. The zero-order valence-electron chi connectivity index (χ0n) is 30.5. The highest BCUT2D eigenvalue weighted by Crippen LogP contribution is 2.38. The SMILES string of the molecule is c1ccc(C2=NC(c3ccccc3)NC(c3cccc(-n4c5ccccc5c5cc(-c6ccc7c8ccccc8n(-c8ccccc8)c7c6)ccc54)c3)N2)cc1. The van der Waals surface area contributed by atoms with Crippen LogP contribution in [0.15, 0.2) is 205 Å². The highest BCUT2D eigenvalue weighted by atomic mass is 15.3. The Bertz CT molecular complexity index is 3090. The molecule has 0 saturated heterocycles. The minimum absolute atomic E-state index is 0.158. The molecule has 8 aromatic carbocycles. The Morgan fingerprint density at radius 3 is 1.70 bits per heavy atom. The van der Waals surface area contributed by atoms with Crippen LogP contribution in [-0.2, 0) is 0 Å². The summed E-state index contributed by atoms with van der Waals surface area (Å²) >= 11 is 0. The number of hydrogen-bond donors (Lipinski definition) is 2. The van der Waals surface area contributed by atoms with Crippen LogP contribution in [0, 0.1) is 0 Å². The smallest absolute Gasteiger partial charge is 0.131 e. The van der Waals surface area contributed by atoms with E-state index in [1.165, 1.54) is 54.7 Å². The molecule has 2 N–H and O–H groups in total. The lowest BCUT2D eigenvalue weighted by Gasteiger charge is -2.32. The molecule has 5 heteroatoms. The van der Waals surface area contributed by atoms with E-state index in [0.717, 1.165) is 33.9 Å². The fourth-order valence-electron chi connectivity index (χ4n) is 8.56. The van der Waals surface area contributed by atoms with Crippen molar-refractivity contribution in [3.8, 4) is 22.5 Å². The van der Waals surface area contributed by atoms with E-state index in [2.05, 4.69) is 208 Å². The quantitative estimate of drug-likeness (QED) is 0.180. The number of benzene rings is 8. The summed E-state index contributed by atoms with van der Waals surface area (Å²) in [5.74, 6) is 0.875. The number of para-hydroxylation sites is 3. The van der Waals surface area contributed by atoms with E-state index in [9.17, 15) is 0 Å². The van der Waals surface area contributed by atoms with Gasteiger partial charge in [-0.1, -0.05) is 146 Å². The lowest BCUT2D eigenvalue weighted by molar-refractivity contribution is 0.409. The maximum Gasteiger partial charge on any atom is 0.131 e. The van der Waals surface area contributed by atoms with Gasteiger partial charge in [0.2, 0.25) is 0 Å². The molecule has 10 aromatic rings. The standard InChI is InChI=1S/C51H37N5/c1-4-15-34(16-5-1)49-52-50(35-17-6-2-7-18-35)54-51(53-49)38-19-14-22-40(31-38)56-46-26-13-11-24-42(46)44-32-36(28-30-47(44)56)37-27-29-43-41-23-10-12-25-45(41)55(48(43)33-37)39-20-8-3-9-21-39/h1-33,49,51,53H,(H,52,54). The van der Waals surface area contributed by atoms with Gasteiger partial charge in [-0.15, -0.1) is 0 Å². The molecule has 5 nitrogen and oxygen atoms in total. The second kappa shape index (κ2) is 13.3. The van der Waals surface area contributed by atoms with Gasteiger partial charge in [-0.05, 0) is 76.9 Å². The second-order valence-electron chi connectivity index (χ2n) is 14.5. The predicted octanol–water partition coefficient (Wildman–Crippen LogP) is 11.9. The first-order valence-corrected chi connectivity index (χ1v) is 19.2. The zero-order valence-corrected chi connectivity index (χ0v) is 30.5. The van der Waals surface area contributed by atoms with Crippen LogP contribution < -0.4 is 10.6 Å². The lowest BCUT2D eigenvalue weighted by atomic mass is 10.0. The molecule has 11 rings (SSSR count). The number of nitrogens with one attached hydrogen (secondary N) is 2. The monoisotopic (exact) mass is 719 g/mol. The second-order valence-corrected chi connectivity index (χ2v) is 14.5. The van der Waals surface area contributed by atoms with E-state index in [1.807, 2.05) is 12.1 Å². The Hall–Kier alpha value is -7.21. The molecule has 2 unspecified atom stereocenters. The number of nitrogens with zero attached hydrogens (tertiary/aromatic N) is 3. The van der Waals surface area contributed by atoms with Crippen LogP contribution in [0.1, 0.15) is 29.0 Å².